The van der Waals surface area contributed by atoms with Gasteiger partial charge >= 0.3 is 0 Å². The minimum Gasteiger partial charge on any atom is -0.438 e. The summed E-state index contributed by atoms with van der Waals surface area (Å²) in [5.74, 6) is 0.653. The molecule has 0 saturated heterocycles. The van der Waals surface area contributed by atoms with Gasteiger partial charge in [0.05, 0.1) is 0 Å². The normalized spacial score (nSPS) is 12.3. The molecule has 156 valence electrons. The maximum atomic E-state index is 12.5. The quantitative estimate of drug-likeness (QED) is 0.685. The summed E-state index contributed by atoms with van der Waals surface area (Å²) in [5, 5.41) is -0.263. The van der Waals surface area contributed by atoms with Crippen LogP contribution in [0.3, 0.4) is 0 Å². The van der Waals surface area contributed by atoms with Crippen molar-refractivity contribution >= 4 is 15.9 Å². The van der Waals surface area contributed by atoms with Crippen molar-refractivity contribution in [3.05, 3.63) is 36.1 Å². The molecule has 8 nitrogen and oxygen atoms in total. The van der Waals surface area contributed by atoms with E-state index >= 15 is 0 Å². The van der Waals surface area contributed by atoms with Crippen molar-refractivity contribution in [2.24, 2.45) is 0 Å². The number of carbonyl (C=O) groups excluding carboxylic acids is 1. The standard InChI is InChI=1S/C19H30N4O4S/c1-6-12-23-14-11-20-16(23)8-7-13-22(5)18(24)15-9-10-17(27-15)28(25,26)21-19(2,3)4/h9-11,14,21H,6-8,12-13H2,1-5H3. The first-order valence-corrected chi connectivity index (χ1v) is 10.9. The first-order chi connectivity index (χ1) is 13.0. The van der Waals surface area contributed by atoms with E-state index in [2.05, 4.69) is 21.2 Å². The van der Waals surface area contributed by atoms with Gasteiger partial charge in [-0.25, -0.2) is 18.1 Å². The van der Waals surface area contributed by atoms with E-state index in [0.29, 0.717) is 6.54 Å². The molecule has 2 aromatic rings. The van der Waals surface area contributed by atoms with Crippen LogP contribution in [0.15, 0.2) is 34.0 Å². The van der Waals surface area contributed by atoms with Gasteiger partial charge in [0.1, 0.15) is 5.82 Å². The van der Waals surface area contributed by atoms with Gasteiger partial charge in [-0.05, 0) is 45.7 Å². The molecule has 1 amide bonds. The van der Waals surface area contributed by atoms with Crippen LogP contribution in [0.25, 0.3) is 0 Å². The zero-order valence-corrected chi connectivity index (χ0v) is 18.0. The Kier molecular flexibility index (Phi) is 7.06. The van der Waals surface area contributed by atoms with Crippen LogP contribution in [0.4, 0.5) is 0 Å². The summed E-state index contributed by atoms with van der Waals surface area (Å²) < 4.78 is 34.6. The number of furan rings is 1. The van der Waals surface area contributed by atoms with Gasteiger partial charge in [0.2, 0.25) is 5.09 Å². The average molecular weight is 411 g/mol. The summed E-state index contributed by atoms with van der Waals surface area (Å²) in [4.78, 5) is 18.4. The molecule has 0 aliphatic heterocycles. The zero-order valence-electron chi connectivity index (χ0n) is 17.2. The molecule has 2 heterocycles. The van der Waals surface area contributed by atoms with Crippen LogP contribution in [0, 0.1) is 0 Å². The number of amides is 1. The van der Waals surface area contributed by atoms with E-state index in [9.17, 15) is 13.2 Å². The predicted octanol–water partition coefficient (Wildman–Crippen LogP) is 2.67. The molecule has 9 heteroatoms. The van der Waals surface area contributed by atoms with Crippen LogP contribution in [0.1, 0.15) is 56.9 Å². The first kappa shape index (κ1) is 22.2. The van der Waals surface area contributed by atoms with Gasteiger partial charge in [-0.3, -0.25) is 4.79 Å². The fourth-order valence-electron chi connectivity index (χ4n) is 2.81. The predicted molar refractivity (Wildman–Crippen MR) is 107 cm³/mol. The average Bonchev–Trinajstić information content (AvgIpc) is 3.22. The number of rotatable bonds is 9. The Balaban J connectivity index is 1.95. The second-order valence-electron chi connectivity index (χ2n) is 7.84. The van der Waals surface area contributed by atoms with Gasteiger partial charge < -0.3 is 13.9 Å². The highest BCUT2D eigenvalue weighted by Crippen LogP contribution is 2.17. The largest absolute Gasteiger partial charge is 0.438 e. The number of sulfonamides is 1. The number of carbonyl (C=O) groups is 1. The molecule has 0 atom stereocenters. The van der Waals surface area contributed by atoms with E-state index in [1.807, 2.05) is 6.20 Å². The lowest BCUT2D eigenvalue weighted by Crippen LogP contribution is -2.40. The third-order valence-electron chi connectivity index (χ3n) is 4.00. The van der Waals surface area contributed by atoms with Crippen molar-refractivity contribution in [1.82, 2.24) is 19.2 Å². The van der Waals surface area contributed by atoms with E-state index in [1.54, 1.807) is 34.0 Å². The highest BCUT2D eigenvalue weighted by molar-refractivity contribution is 7.89. The summed E-state index contributed by atoms with van der Waals surface area (Å²) in [7, 11) is -2.14. The maximum absolute atomic E-state index is 12.5. The van der Waals surface area contributed by atoms with Crippen LogP contribution in [-0.4, -0.2) is 47.9 Å². The van der Waals surface area contributed by atoms with Crippen molar-refractivity contribution < 1.29 is 17.6 Å². The second kappa shape index (κ2) is 8.91. The maximum Gasteiger partial charge on any atom is 0.289 e. The van der Waals surface area contributed by atoms with Gasteiger partial charge in [0, 0.05) is 44.5 Å². The SMILES string of the molecule is CCCn1ccnc1CCCN(C)C(=O)c1ccc(S(=O)(=O)NC(C)(C)C)o1. The molecule has 28 heavy (non-hydrogen) atoms. The fourth-order valence-corrected chi connectivity index (χ4v) is 4.16. The zero-order chi connectivity index (χ0) is 20.9. The van der Waals surface area contributed by atoms with Crippen LogP contribution >= 0.6 is 0 Å². The first-order valence-electron chi connectivity index (χ1n) is 9.43. The molecule has 0 unspecified atom stereocenters. The topological polar surface area (TPSA) is 97.4 Å². The Hall–Kier alpha value is -2.13. The number of hydrogen-bond donors (Lipinski definition) is 1. The lowest BCUT2D eigenvalue weighted by atomic mass is 10.1. The number of aromatic nitrogens is 2. The Bertz CT molecular complexity index is 893. The summed E-state index contributed by atoms with van der Waals surface area (Å²) in [6.07, 6.45) is 6.30. The molecule has 1 N–H and O–H groups in total. The number of aryl methyl sites for hydroxylation is 2. The number of imidazole rings is 1. The smallest absolute Gasteiger partial charge is 0.289 e. The molecule has 0 aromatic carbocycles. The molecule has 0 spiro atoms. The molecular formula is C19H30N4O4S. The Labute approximate surface area is 167 Å². The van der Waals surface area contributed by atoms with Crippen LogP contribution in [-0.2, 0) is 23.0 Å². The van der Waals surface area contributed by atoms with E-state index in [-0.39, 0.29) is 16.8 Å². The van der Waals surface area contributed by atoms with Crippen molar-refractivity contribution in [3.8, 4) is 0 Å². The molecular weight excluding hydrogens is 380 g/mol. The second-order valence-corrected chi connectivity index (χ2v) is 9.45. The van der Waals surface area contributed by atoms with Crippen molar-refractivity contribution in [2.75, 3.05) is 13.6 Å². The molecule has 2 rings (SSSR count). The highest BCUT2D eigenvalue weighted by atomic mass is 32.2. The third kappa shape index (κ3) is 5.93. The van der Waals surface area contributed by atoms with Crippen LogP contribution in [0.5, 0.6) is 0 Å². The van der Waals surface area contributed by atoms with E-state index in [4.69, 9.17) is 4.42 Å². The third-order valence-corrected chi connectivity index (χ3v) is 5.63. The van der Waals surface area contributed by atoms with Gasteiger partial charge in [0.25, 0.3) is 15.9 Å². The summed E-state index contributed by atoms with van der Waals surface area (Å²) in [6, 6.07) is 2.70. The van der Waals surface area contributed by atoms with Crippen LogP contribution < -0.4 is 4.72 Å². The number of nitrogens with zero attached hydrogens (tertiary/aromatic N) is 3. The molecule has 0 fully saturated rings. The van der Waals surface area contributed by atoms with Crippen LogP contribution in [0.2, 0.25) is 0 Å². The van der Waals surface area contributed by atoms with E-state index in [0.717, 1.165) is 31.6 Å². The Morgan fingerprint density at radius 1 is 1.32 bits per heavy atom. The summed E-state index contributed by atoms with van der Waals surface area (Å²) >= 11 is 0. The molecule has 2 aromatic heterocycles. The summed E-state index contributed by atoms with van der Waals surface area (Å²) in [5.41, 5.74) is -0.643. The monoisotopic (exact) mass is 410 g/mol. The Morgan fingerprint density at radius 3 is 2.68 bits per heavy atom. The van der Waals surface area contributed by atoms with Gasteiger partial charge in [-0.15, -0.1) is 0 Å². The molecule has 0 saturated carbocycles. The van der Waals surface area contributed by atoms with Crippen molar-refractivity contribution in [2.45, 2.75) is 64.1 Å². The lowest BCUT2D eigenvalue weighted by Gasteiger charge is -2.19. The number of nitrogens with one attached hydrogen (secondary N) is 1. The number of hydrogen-bond acceptors (Lipinski definition) is 5. The Morgan fingerprint density at radius 2 is 2.04 bits per heavy atom. The highest BCUT2D eigenvalue weighted by Gasteiger charge is 2.26. The molecule has 0 aliphatic carbocycles. The minimum absolute atomic E-state index is 0.00395. The van der Waals surface area contributed by atoms with Gasteiger partial charge in [-0.2, -0.15) is 0 Å². The molecule has 0 radical (unpaired) electrons. The lowest BCUT2D eigenvalue weighted by molar-refractivity contribution is 0.0756. The van der Waals surface area contributed by atoms with Crippen molar-refractivity contribution in [1.29, 1.82) is 0 Å². The molecule has 0 aliphatic rings. The molecule has 0 bridgehead atoms. The fraction of sp³-hybridized carbons (Fsp3) is 0.579. The van der Waals surface area contributed by atoms with E-state index in [1.165, 1.54) is 17.0 Å². The van der Waals surface area contributed by atoms with Gasteiger partial charge in [-0.1, -0.05) is 6.92 Å². The van der Waals surface area contributed by atoms with E-state index < -0.39 is 15.6 Å². The minimum atomic E-state index is -3.81. The van der Waals surface area contributed by atoms with Gasteiger partial charge in [0.15, 0.2) is 5.76 Å². The van der Waals surface area contributed by atoms with Crippen molar-refractivity contribution in [3.63, 3.8) is 0 Å². The summed E-state index contributed by atoms with van der Waals surface area (Å²) in [6.45, 7) is 8.76.